The highest BCUT2D eigenvalue weighted by Crippen LogP contribution is 2.21. The Kier molecular flexibility index (Phi) is 5.69. The van der Waals surface area contributed by atoms with Gasteiger partial charge >= 0.3 is 0 Å². The molecule has 0 unspecified atom stereocenters. The van der Waals surface area contributed by atoms with Crippen LogP contribution in [0.4, 0.5) is 11.5 Å². The molecule has 1 amide bonds. The van der Waals surface area contributed by atoms with Crippen LogP contribution >= 0.6 is 0 Å². The Morgan fingerprint density at radius 3 is 2.66 bits per heavy atom. The van der Waals surface area contributed by atoms with Gasteiger partial charge in [-0.05, 0) is 49.2 Å². The van der Waals surface area contributed by atoms with Crippen molar-refractivity contribution in [3.8, 4) is 17.1 Å². The summed E-state index contributed by atoms with van der Waals surface area (Å²) < 4.78 is 10.4. The van der Waals surface area contributed by atoms with Gasteiger partial charge in [0.05, 0.1) is 19.0 Å². The maximum absolute atomic E-state index is 12.2. The van der Waals surface area contributed by atoms with E-state index in [2.05, 4.69) is 25.3 Å². The topological polar surface area (TPSA) is 93.4 Å². The summed E-state index contributed by atoms with van der Waals surface area (Å²) >= 11 is 0. The molecule has 1 aliphatic rings. The SMILES string of the molecule is COc1ccc(-c2noc(CCC(=O)Nc3ccc(N4CCCC4)nc3)n2)cc1. The van der Waals surface area contributed by atoms with Crippen LogP contribution in [0, 0.1) is 0 Å². The second-order valence-corrected chi connectivity index (χ2v) is 6.89. The van der Waals surface area contributed by atoms with E-state index in [0.717, 1.165) is 30.2 Å². The number of ether oxygens (including phenoxy) is 1. The molecule has 0 bridgehead atoms. The Balaban J connectivity index is 1.28. The standard InChI is InChI=1S/C21H23N5O3/c1-28-17-7-4-15(5-8-17)21-24-20(29-25-21)11-10-19(27)23-16-6-9-18(22-14-16)26-12-2-3-13-26/h4-9,14H,2-3,10-13H2,1H3,(H,23,27). The Labute approximate surface area is 168 Å². The lowest BCUT2D eigenvalue weighted by Crippen LogP contribution is -2.19. The molecule has 0 atom stereocenters. The first-order valence-corrected chi connectivity index (χ1v) is 9.69. The second kappa shape index (κ2) is 8.72. The van der Waals surface area contributed by atoms with E-state index in [4.69, 9.17) is 9.26 Å². The zero-order valence-corrected chi connectivity index (χ0v) is 16.3. The van der Waals surface area contributed by atoms with Gasteiger partial charge in [0.25, 0.3) is 0 Å². The van der Waals surface area contributed by atoms with Crippen LogP contribution in [0.1, 0.15) is 25.2 Å². The van der Waals surface area contributed by atoms with Crippen molar-refractivity contribution >= 4 is 17.4 Å². The number of hydrogen-bond donors (Lipinski definition) is 1. The van der Waals surface area contributed by atoms with Crippen molar-refractivity contribution in [3.05, 3.63) is 48.5 Å². The number of methoxy groups -OCH3 is 1. The summed E-state index contributed by atoms with van der Waals surface area (Å²) in [6.07, 6.45) is 4.72. The molecule has 3 aromatic rings. The van der Waals surface area contributed by atoms with E-state index >= 15 is 0 Å². The molecule has 8 nitrogen and oxygen atoms in total. The van der Waals surface area contributed by atoms with Crippen LogP contribution in [-0.4, -0.2) is 41.2 Å². The first kappa shape index (κ1) is 18.9. The zero-order chi connectivity index (χ0) is 20.1. The van der Waals surface area contributed by atoms with Crippen LogP contribution in [0.15, 0.2) is 47.1 Å². The molecular formula is C21H23N5O3. The number of aromatic nitrogens is 3. The first-order chi connectivity index (χ1) is 14.2. The highest BCUT2D eigenvalue weighted by atomic mass is 16.5. The number of benzene rings is 1. The van der Waals surface area contributed by atoms with Gasteiger partial charge < -0.3 is 19.5 Å². The second-order valence-electron chi connectivity index (χ2n) is 6.89. The summed E-state index contributed by atoms with van der Waals surface area (Å²) in [6.45, 7) is 2.09. The minimum Gasteiger partial charge on any atom is -0.497 e. The van der Waals surface area contributed by atoms with E-state index in [0.29, 0.717) is 23.8 Å². The number of anilines is 2. The Bertz CT molecular complexity index is 947. The summed E-state index contributed by atoms with van der Waals surface area (Å²) in [5, 5.41) is 6.84. The van der Waals surface area contributed by atoms with Gasteiger partial charge in [0.1, 0.15) is 11.6 Å². The van der Waals surface area contributed by atoms with Crippen LogP contribution in [0.5, 0.6) is 5.75 Å². The van der Waals surface area contributed by atoms with Crippen LogP contribution < -0.4 is 15.0 Å². The molecule has 150 valence electrons. The maximum atomic E-state index is 12.2. The Hall–Kier alpha value is -3.42. The molecule has 1 N–H and O–H groups in total. The average Bonchev–Trinajstić information content (AvgIpc) is 3.45. The summed E-state index contributed by atoms with van der Waals surface area (Å²) in [5.74, 6) is 2.51. The maximum Gasteiger partial charge on any atom is 0.227 e. The van der Waals surface area contributed by atoms with Crippen molar-refractivity contribution in [1.29, 1.82) is 0 Å². The van der Waals surface area contributed by atoms with E-state index in [-0.39, 0.29) is 12.3 Å². The fraction of sp³-hybridized carbons (Fsp3) is 0.333. The molecule has 0 saturated carbocycles. The molecule has 3 heterocycles. The van der Waals surface area contributed by atoms with E-state index in [1.54, 1.807) is 13.3 Å². The predicted octanol–water partition coefficient (Wildman–Crippen LogP) is 3.31. The minimum atomic E-state index is -0.120. The molecular weight excluding hydrogens is 370 g/mol. The predicted molar refractivity (Wildman–Crippen MR) is 109 cm³/mol. The summed E-state index contributed by atoms with van der Waals surface area (Å²) in [4.78, 5) is 23.3. The van der Waals surface area contributed by atoms with Gasteiger partial charge in [-0.25, -0.2) is 4.98 Å². The summed E-state index contributed by atoms with van der Waals surface area (Å²) in [5.41, 5.74) is 1.51. The molecule has 1 aliphatic heterocycles. The quantitative estimate of drug-likeness (QED) is 0.658. The number of nitrogens with zero attached hydrogens (tertiary/aromatic N) is 4. The van der Waals surface area contributed by atoms with Gasteiger partial charge in [0, 0.05) is 31.5 Å². The third-order valence-electron chi connectivity index (χ3n) is 4.84. The van der Waals surface area contributed by atoms with Gasteiger partial charge in [-0.1, -0.05) is 5.16 Å². The number of hydrogen-bond acceptors (Lipinski definition) is 7. The molecule has 0 spiro atoms. The highest BCUT2D eigenvalue weighted by Gasteiger charge is 2.14. The lowest BCUT2D eigenvalue weighted by molar-refractivity contribution is -0.116. The van der Waals surface area contributed by atoms with Crippen molar-refractivity contribution in [1.82, 2.24) is 15.1 Å². The fourth-order valence-electron chi connectivity index (χ4n) is 3.25. The van der Waals surface area contributed by atoms with Crippen molar-refractivity contribution in [2.45, 2.75) is 25.7 Å². The van der Waals surface area contributed by atoms with Crippen molar-refractivity contribution in [2.24, 2.45) is 0 Å². The number of pyridine rings is 1. The molecule has 2 aromatic heterocycles. The molecule has 4 rings (SSSR count). The van der Waals surface area contributed by atoms with Crippen molar-refractivity contribution in [2.75, 3.05) is 30.4 Å². The lowest BCUT2D eigenvalue weighted by Gasteiger charge is -2.16. The van der Waals surface area contributed by atoms with E-state index in [1.165, 1.54) is 12.8 Å². The molecule has 0 aliphatic carbocycles. The molecule has 1 saturated heterocycles. The van der Waals surface area contributed by atoms with Gasteiger partial charge in [-0.3, -0.25) is 4.79 Å². The van der Waals surface area contributed by atoms with Gasteiger partial charge in [0.15, 0.2) is 0 Å². The van der Waals surface area contributed by atoms with Crippen molar-refractivity contribution < 1.29 is 14.1 Å². The van der Waals surface area contributed by atoms with E-state index < -0.39 is 0 Å². The van der Waals surface area contributed by atoms with Gasteiger partial charge in [0.2, 0.25) is 17.6 Å². The van der Waals surface area contributed by atoms with E-state index in [9.17, 15) is 4.79 Å². The smallest absolute Gasteiger partial charge is 0.227 e. The lowest BCUT2D eigenvalue weighted by atomic mass is 10.2. The largest absolute Gasteiger partial charge is 0.497 e. The molecule has 0 radical (unpaired) electrons. The molecule has 1 aromatic carbocycles. The third-order valence-corrected chi connectivity index (χ3v) is 4.84. The first-order valence-electron chi connectivity index (χ1n) is 9.69. The van der Waals surface area contributed by atoms with Crippen LogP contribution in [0.25, 0.3) is 11.4 Å². The number of nitrogens with one attached hydrogen (secondary N) is 1. The average molecular weight is 393 g/mol. The van der Waals surface area contributed by atoms with Crippen LogP contribution in [-0.2, 0) is 11.2 Å². The highest BCUT2D eigenvalue weighted by molar-refractivity contribution is 5.90. The number of carbonyl (C=O) groups is 1. The summed E-state index contributed by atoms with van der Waals surface area (Å²) in [7, 11) is 1.62. The zero-order valence-electron chi connectivity index (χ0n) is 16.3. The van der Waals surface area contributed by atoms with E-state index in [1.807, 2.05) is 36.4 Å². The van der Waals surface area contributed by atoms with Crippen LogP contribution in [0.3, 0.4) is 0 Å². The number of rotatable bonds is 7. The molecule has 29 heavy (non-hydrogen) atoms. The monoisotopic (exact) mass is 393 g/mol. The molecule has 8 heteroatoms. The number of amides is 1. The normalized spacial score (nSPS) is 13.5. The Morgan fingerprint density at radius 2 is 1.97 bits per heavy atom. The summed E-state index contributed by atoms with van der Waals surface area (Å²) in [6, 6.07) is 11.2. The third kappa shape index (κ3) is 4.71. The minimum absolute atomic E-state index is 0.120. The van der Waals surface area contributed by atoms with Gasteiger partial charge in [-0.15, -0.1) is 0 Å². The van der Waals surface area contributed by atoms with Gasteiger partial charge in [-0.2, -0.15) is 4.98 Å². The number of aryl methyl sites for hydroxylation is 1. The fourth-order valence-corrected chi connectivity index (χ4v) is 3.25. The van der Waals surface area contributed by atoms with Crippen molar-refractivity contribution in [3.63, 3.8) is 0 Å². The molecule has 1 fully saturated rings. The van der Waals surface area contributed by atoms with Crippen LogP contribution in [0.2, 0.25) is 0 Å². The Morgan fingerprint density at radius 1 is 1.17 bits per heavy atom. The number of carbonyl (C=O) groups excluding carboxylic acids is 1.